The highest BCUT2D eigenvalue weighted by Gasteiger charge is 2.28. The Labute approximate surface area is 186 Å². The lowest BCUT2D eigenvalue weighted by molar-refractivity contribution is -0.705. The van der Waals surface area contributed by atoms with E-state index in [9.17, 15) is 14.7 Å². The van der Waals surface area contributed by atoms with Gasteiger partial charge in [0.1, 0.15) is 5.75 Å². The van der Waals surface area contributed by atoms with Gasteiger partial charge in [0.2, 0.25) is 11.6 Å². The lowest BCUT2D eigenvalue weighted by Crippen LogP contribution is -2.36. The Morgan fingerprint density at radius 3 is 2.65 bits per heavy atom. The summed E-state index contributed by atoms with van der Waals surface area (Å²) in [6, 6.07) is 10.8. The first-order valence-electron chi connectivity index (χ1n) is 9.07. The van der Waals surface area contributed by atoms with Crippen molar-refractivity contribution in [2.45, 2.75) is 23.6 Å². The number of nitrogens with zero attached hydrogens (tertiary/aromatic N) is 2. The number of rotatable bonds is 8. The number of carbonyl (C=O) groups excluding carboxylic acids is 1. The predicted molar refractivity (Wildman–Crippen MR) is 111 cm³/mol. The van der Waals surface area contributed by atoms with Gasteiger partial charge >= 0.3 is 5.97 Å². The molecule has 0 aliphatic carbocycles. The highest BCUT2D eigenvalue weighted by Crippen LogP contribution is 2.31. The molecule has 2 aromatic carbocycles. The second-order valence-corrected chi connectivity index (χ2v) is 7.88. The Morgan fingerprint density at radius 1 is 1.32 bits per heavy atom. The van der Waals surface area contributed by atoms with E-state index in [1.807, 2.05) is 0 Å². The van der Waals surface area contributed by atoms with E-state index in [1.54, 1.807) is 31.2 Å². The molecule has 0 spiro atoms. The van der Waals surface area contributed by atoms with E-state index < -0.39 is 23.1 Å². The Kier molecular flexibility index (Phi) is 7.03. The van der Waals surface area contributed by atoms with Crippen LogP contribution in [0, 0.1) is 0 Å². The van der Waals surface area contributed by atoms with Gasteiger partial charge in [0.15, 0.2) is 5.95 Å². The number of methoxy groups -OCH3 is 1. The number of halogens is 1. The van der Waals surface area contributed by atoms with Crippen molar-refractivity contribution in [3.05, 3.63) is 53.1 Å². The first-order chi connectivity index (χ1) is 14.8. The van der Waals surface area contributed by atoms with E-state index in [1.165, 1.54) is 30.0 Å². The quantitative estimate of drug-likeness (QED) is 0.385. The summed E-state index contributed by atoms with van der Waals surface area (Å²) >= 11 is 7.08. The summed E-state index contributed by atoms with van der Waals surface area (Å²) in [6.07, 6.45) is 0.375. The third-order valence-corrected chi connectivity index (χ3v) is 6.00. The third kappa shape index (κ3) is 5.09. The zero-order chi connectivity index (χ0) is 22.5. The molecule has 1 unspecified atom stereocenters. The molecule has 0 saturated heterocycles. The minimum Gasteiger partial charge on any atom is -0.538 e. The molecule has 3 rings (SSSR count). The van der Waals surface area contributed by atoms with Crippen LogP contribution in [0.3, 0.4) is 0 Å². The van der Waals surface area contributed by atoms with E-state index in [-0.39, 0.29) is 21.3 Å². The van der Waals surface area contributed by atoms with Crippen molar-refractivity contribution in [1.82, 2.24) is 5.27 Å². The van der Waals surface area contributed by atoms with E-state index in [2.05, 4.69) is 10.6 Å². The minimum atomic E-state index is -1.14. The number of aromatic nitrogens is 2. The maximum Gasteiger partial charge on any atom is 0.335 e. The van der Waals surface area contributed by atoms with Crippen LogP contribution in [0.2, 0.25) is 5.02 Å². The van der Waals surface area contributed by atoms with Crippen LogP contribution in [0.4, 0.5) is 5.69 Å². The average Bonchev–Trinajstić information content (AvgIpc) is 3.13. The average molecular weight is 464 g/mol. The van der Waals surface area contributed by atoms with Crippen LogP contribution in [-0.4, -0.2) is 34.6 Å². The summed E-state index contributed by atoms with van der Waals surface area (Å²) in [5, 5.41) is 27.4. The number of carbonyl (C=O) groups is 2. The van der Waals surface area contributed by atoms with E-state index in [0.29, 0.717) is 17.9 Å². The standard InChI is InChI=1S/C20H18ClN3O6S/c1-3-16(17(25)22-15-10-11(19(26)27)4-9-14(15)21)31-18-20(28)30-23-24(18)12-5-7-13(29-2)8-6-12/h4-10,16H,3H2,1-2H3,(H2-,22,23,25,26,27,28). The molecular weight excluding hydrogens is 446 g/mol. The van der Waals surface area contributed by atoms with Crippen LogP contribution in [0.25, 0.3) is 5.69 Å². The molecule has 1 atom stereocenters. The Morgan fingerprint density at radius 2 is 2.03 bits per heavy atom. The summed E-state index contributed by atoms with van der Waals surface area (Å²) in [6.45, 7) is 1.78. The molecule has 0 fully saturated rings. The van der Waals surface area contributed by atoms with Crippen LogP contribution < -0.4 is 19.8 Å². The van der Waals surface area contributed by atoms with Gasteiger partial charge in [-0.1, -0.05) is 18.5 Å². The summed E-state index contributed by atoms with van der Waals surface area (Å²) in [4.78, 5) is 24.0. The van der Waals surface area contributed by atoms with Gasteiger partial charge in [0, 0.05) is 12.1 Å². The fourth-order valence-corrected chi connectivity index (χ4v) is 3.79. The number of hydrogen-bond acceptors (Lipinski definition) is 7. The maximum absolute atomic E-state index is 12.8. The Bertz CT molecular complexity index is 1100. The van der Waals surface area contributed by atoms with Gasteiger partial charge in [-0.25, -0.2) is 4.79 Å². The lowest BCUT2D eigenvalue weighted by Gasteiger charge is -2.14. The van der Waals surface area contributed by atoms with Gasteiger partial charge in [-0.15, -0.1) is 0 Å². The number of thioether (sulfide) groups is 1. The molecule has 1 heterocycles. The first-order valence-corrected chi connectivity index (χ1v) is 10.3. The highest BCUT2D eigenvalue weighted by molar-refractivity contribution is 8.00. The normalized spacial score (nSPS) is 11.7. The van der Waals surface area contributed by atoms with Crippen LogP contribution in [0.15, 0.2) is 52.0 Å². The maximum atomic E-state index is 12.8. The summed E-state index contributed by atoms with van der Waals surface area (Å²) in [7, 11) is 1.54. The number of ether oxygens (including phenoxy) is 1. The van der Waals surface area contributed by atoms with Gasteiger partial charge in [0.25, 0.3) is 5.03 Å². The number of carboxylic acids is 1. The monoisotopic (exact) mass is 463 g/mol. The van der Waals surface area contributed by atoms with Crippen LogP contribution in [0.5, 0.6) is 11.7 Å². The number of anilines is 1. The number of aromatic carboxylic acids is 1. The van der Waals surface area contributed by atoms with Crippen molar-refractivity contribution in [2.75, 3.05) is 12.4 Å². The molecule has 3 aromatic rings. The lowest BCUT2D eigenvalue weighted by atomic mass is 10.2. The molecule has 0 radical (unpaired) electrons. The molecule has 9 nitrogen and oxygen atoms in total. The zero-order valence-electron chi connectivity index (χ0n) is 16.5. The minimum absolute atomic E-state index is 0.0152. The van der Waals surface area contributed by atoms with Crippen molar-refractivity contribution < 1.29 is 33.7 Å². The molecule has 0 aliphatic rings. The van der Waals surface area contributed by atoms with Gasteiger partial charge in [-0.2, -0.15) is 0 Å². The number of nitrogens with one attached hydrogen (secondary N) is 1. The molecule has 0 saturated carbocycles. The van der Waals surface area contributed by atoms with Gasteiger partial charge in [-0.3, -0.25) is 4.79 Å². The zero-order valence-corrected chi connectivity index (χ0v) is 18.1. The summed E-state index contributed by atoms with van der Waals surface area (Å²) in [5.41, 5.74) is 0.710. The molecule has 0 bridgehead atoms. The molecule has 1 amide bonds. The second-order valence-electron chi connectivity index (χ2n) is 6.28. The molecule has 31 heavy (non-hydrogen) atoms. The van der Waals surface area contributed by atoms with Gasteiger partial charge in [0.05, 0.1) is 33.9 Å². The van der Waals surface area contributed by atoms with E-state index >= 15 is 0 Å². The molecule has 2 N–H and O–H groups in total. The van der Waals surface area contributed by atoms with E-state index in [0.717, 1.165) is 11.8 Å². The number of carboxylic acid groups (broad SMARTS) is 1. The predicted octanol–water partition coefficient (Wildman–Crippen LogP) is 2.89. The second kappa shape index (κ2) is 9.71. The van der Waals surface area contributed by atoms with Crippen LogP contribution >= 0.6 is 23.4 Å². The summed E-state index contributed by atoms with van der Waals surface area (Å²) in [5.74, 6) is -1.64. The molecule has 1 aromatic heterocycles. The third-order valence-electron chi connectivity index (χ3n) is 4.28. The fraction of sp³-hybridized carbons (Fsp3) is 0.200. The SMILES string of the molecule is CCC(Sc1c([O-])on[n+]1-c1ccc(OC)cc1)C(=O)Nc1cc(C(=O)O)ccc1Cl. The van der Waals surface area contributed by atoms with Crippen molar-refractivity contribution >= 4 is 40.9 Å². The molecule has 11 heteroatoms. The van der Waals surface area contributed by atoms with Crippen molar-refractivity contribution in [2.24, 2.45) is 0 Å². The molecular formula is C20H18ClN3O6S. The topological polar surface area (TPSA) is 129 Å². The smallest absolute Gasteiger partial charge is 0.335 e. The largest absolute Gasteiger partial charge is 0.538 e. The van der Waals surface area contributed by atoms with E-state index in [4.69, 9.17) is 26.0 Å². The van der Waals surface area contributed by atoms with Crippen molar-refractivity contribution in [1.29, 1.82) is 0 Å². The number of benzene rings is 2. The Hall–Kier alpha value is -3.24. The summed E-state index contributed by atoms with van der Waals surface area (Å²) < 4.78 is 11.2. The van der Waals surface area contributed by atoms with Gasteiger partial charge in [-0.05, 0) is 53.2 Å². The van der Waals surface area contributed by atoms with Crippen molar-refractivity contribution in [3.8, 4) is 17.4 Å². The fourth-order valence-electron chi connectivity index (χ4n) is 2.65. The van der Waals surface area contributed by atoms with Crippen LogP contribution in [0.1, 0.15) is 23.7 Å². The highest BCUT2D eigenvalue weighted by atomic mass is 35.5. The molecule has 0 aliphatic heterocycles. The number of hydrogen-bond donors (Lipinski definition) is 2. The van der Waals surface area contributed by atoms with Crippen molar-refractivity contribution in [3.63, 3.8) is 0 Å². The number of amides is 1. The Balaban J connectivity index is 1.83. The molecule has 162 valence electrons. The van der Waals surface area contributed by atoms with Crippen LogP contribution in [-0.2, 0) is 4.79 Å². The van der Waals surface area contributed by atoms with Gasteiger partial charge < -0.3 is 24.8 Å². The first kappa shape index (κ1) is 22.4.